The van der Waals surface area contributed by atoms with E-state index >= 15 is 0 Å². The number of aryl methyl sites for hydroxylation is 1. The summed E-state index contributed by atoms with van der Waals surface area (Å²) in [5.74, 6) is 0. The molecule has 1 aromatic rings. The molecule has 0 aliphatic heterocycles. The lowest BCUT2D eigenvalue weighted by Gasteiger charge is -1.99. The van der Waals surface area contributed by atoms with Gasteiger partial charge in [0.25, 0.3) is 0 Å². The molecule has 0 saturated carbocycles. The topological polar surface area (TPSA) is 12.0 Å². The quantitative estimate of drug-likeness (QED) is 0.537. The molecular formula is C12H17N. The maximum Gasteiger partial charge on any atom is 0.0459 e. The second kappa shape index (κ2) is 7.24. The van der Waals surface area contributed by atoms with Gasteiger partial charge in [-0.25, -0.2) is 0 Å². The van der Waals surface area contributed by atoms with E-state index in [2.05, 4.69) is 30.4 Å². The fraction of sp³-hybridized carbons (Fsp3) is 0.333. The normalized spacial score (nSPS) is 7.85. The summed E-state index contributed by atoms with van der Waals surface area (Å²) in [5.41, 5.74) is 2.30. The molecule has 0 spiro atoms. The SMILES string of the molecule is C#CNc1ccc(CC)cc1.CC. The third kappa shape index (κ3) is 4.22. The van der Waals surface area contributed by atoms with Gasteiger partial charge in [-0.1, -0.05) is 39.3 Å². The van der Waals surface area contributed by atoms with Gasteiger partial charge >= 0.3 is 0 Å². The molecule has 1 rings (SSSR count). The highest BCUT2D eigenvalue weighted by Gasteiger charge is 1.88. The third-order valence-electron chi connectivity index (χ3n) is 1.58. The number of rotatable bonds is 2. The van der Waals surface area contributed by atoms with Gasteiger partial charge in [0.05, 0.1) is 0 Å². The monoisotopic (exact) mass is 175 g/mol. The van der Waals surface area contributed by atoms with Crippen LogP contribution in [0.3, 0.4) is 0 Å². The Morgan fingerprint density at radius 3 is 2.15 bits per heavy atom. The lowest BCUT2D eigenvalue weighted by Crippen LogP contribution is -1.87. The largest absolute Gasteiger partial charge is 0.315 e. The average Bonchev–Trinajstić information content (AvgIpc) is 2.23. The fourth-order valence-electron chi connectivity index (χ4n) is 0.907. The summed E-state index contributed by atoms with van der Waals surface area (Å²) in [6.45, 7) is 6.13. The summed E-state index contributed by atoms with van der Waals surface area (Å²) in [6.07, 6.45) is 6.14. The molecular weight excluding hydrogens is 158 g/mol. The summed E-state index contributed by atoms with van der Waals surface area (Å²) in [5, 5.41) is 2.79. The van der Waals surface area contributed by atoms with Gasteiger partial charge in [0.15, 0.2) is 0 Å². The van der Waals surface area contributed by atoms with E-state index in [1.807, 2.05) is 26.0 Å². The van der Waals surface area contributed by atoms with E-state index in [1.165, 1.54) is 5.56 Å². The molecule has 0 unspecified atom stereocenters. The molecule has 13 heavy (non-hydrogen) atoms. The van der Waals surface area contributed by atoms with Crippen molar-refractivity contribution in [3.8, 4) is 12.5 Å². The number of benzene rings is 1. The molecule has 1 nitrogen and oxygen atoms in total. The number of hydrogen-bond donors (Lipinski definition) is 1. The molecule has 0 heterocycles. The summed E-state index contributed by atoms with van der Waals surface area (Å²) < 4.78 is 0. The predicted octanol–water partition coefficient (Wildman–Crippen LogP) is 3.28. The Morgan fingerprint density at radius 1 is 1.23 bits per heavy atom. The molecule has 0 aromatic heterocycles. The molecule has 1 N–H and O–H groups in total. The summed E-state index contributed by atoms with van der Waals surface area (Å²) in [7, 11) is 0. The van der Waals surface area contributed by atoms with Crippen LogP contribution in [0.15, 0.2) is 24.3 Å². The van der Waals surface area contributed by atoms with Crippen LogP contribution in [0.5, 0.6) is 0 Å². The van der Waals surface area contributed by atoms with Crippen molar-refractivity contribution in [2.24, 2.45) is 0 Å². The average molecular weight is 175 g/mol. The Hall–Kier alpha value is -1.42. The van der Waals surface area contributed by atoms with Crippen molar-refractivity contribution >= 4 is 5.69 Å². The van der Waals surface area contributed by atoms with Crippen LogP contribution in [0.4, 0.5) is 5.69 Å². The fourth-order valence-corrected chi connectivity index (χ4v) is 0.907. The van der Waals surface area contributed by atoms with Gasteiger partial charge in [0.1, 0.15) is 0 Å². The zero-order chi connectivity index (χ0) is 10.1. The van der Waals surface area contributed by atoms with Crippen LogP contribution in [0.1, 0.15) is 26.3 Å². The minimum atomic E-state index is 0.977. The van der Waals surface area contributed by atoms with Crippen LogP contribution >= 0.6 is 0 Å². The summed E-state index contributed by atoms with van der Waals surface area (Å²) >= 11 is 0. The first-order valence-corrected chi connectivity index (χ1v) is 4.67. The second-order valence-corrected chi connectivity index (χ2v) is 2.32. The molecule has 0 fully saturated rings. The smallest absolute Gasteiger partial charge is 0.0459 e. The van der Waals surface area contributed by atoms with Crippen LogP contribution in [0, 0.1) is 12.5 Å². The first kappa shape index (κ1) is 11.6. The Labute approximate surface area is 81.2 Å². The van der Waals surface area contributed by atoms with E-state index in [0.717, 1.165) is 12.1 Å². The molecule has 0 bridgehead atoms. The van der Waals surface area contributed by atoms with E-state index in [4.69, 9.17) is 6.42 Å². The van der Waals surface area contributed by atoms with E-state index in [0.29, 0.717) is 0 Å². The van der Waals surface area contributed by atoms with Crippen molar-refractivity contribution < 1.29 is 0 Å². The minimum absolute atomic E-state index is 0.977. The Balaban J connectivity index is 0.000000671. The van der Waals surface area contributed by atoms with Crippen LogP contribution in [0.2, 0.25) is 0 Å². The zero-order valence-electron chi connectivity index (χ0n) is 8.59. The zero-order valence-corrected chi connectivity index (χ0v) is 8.59. The van der Waals surface area contributed by atoms with E-state index < -0.39 is 0 Å². The Morgan fingerprint density at radius 2 is 1.77 bits per heavy atom. The van der Waals surface area contributed by atoms with Gasteiger partial charge in [-0.3, -0.25) is 0 Å². The van der Waals surface area contributed by atoms with Crippen LogP contribution in [-0.4, -0.2) is 0 Å². The Bertz CT molecular complexity index is 253. The molecule has 0 radical (unpaired) electrons. The molecule has 0 aliphatic carbocycles. The standard InChI is InChI=1S/C10H11N.C2H6/c1-3-9-5-7-10(8-6-9)11-4-2;1-2/h2,5-8,11H,3H2,1H3;1-2H3. The summed E-state index contributed by atoms with van der Waals surface area (Å²) in [4.78, 5) is 0. The second-order valence-electron chi connectivity index (χ2n) is 2.32. The lowest BCUT2D eigenvalue weighted by atomic mass is 10.1. The molecule has 0 aliphatic rings. The third-order valence-corrected chi connectivity index (χ3v) is 1.58. The lowest BCUT2D eigenvalue weighted by molar-refractivity contribution is 1.14. The molecule has 0 saturated heterocycles. The maximum atomic E-state index is 5.07. The summed E-state index contributed by atoms with van der Waals surface area (Å²) in [6, 6.07) is 10.5. The molecule has 1 heteroatoms. The first-order chi connectivity index (χ1) is 6.36. The van der Waals surface area contributed by atoms with Crippen LogP contribution in [-0.2, 0) is 6.42 Å². The van der Waals surface area contributed by atoms with Crippen molar-refractivity contribution in [1.82, 2.24) is 0 Å². The van der Waals surface area contributed by atoms with Gasteiger partial charge in [-0.2, -0.15) is 0 Å². The van der Waals surface area contributed by atoms with Gasteiger partial charge in [-0.05, 0) is 24.1 Å². The van der Waals surface area contributed by atoms with Crippen LogP contribution in [0.25, 0.3) is 0 Å². The number of terminal acetylenes is 1. The van der Waals surface area contributed by atoms with Gasteiger partial charge in [0, 0.05) is 11.7 Å². The molecule has 0 amide bonds. The number of anilines is 1. The van der Waals surface area contributed by atoms with Gasteiger partial charge in [0.2, 0.25) is 0 Å². The molecule has 0 atom stereocenters. The first-order valence-electron chi connectivity index (χ1n) is 4.67. The van der Waals surface area contributed by atoms with Crippen molar-refractivity contribution in [2.45, 2.75) is 27.2 Å². The predicted molar refractivity (Wildman–Crippen MR) is 59.6 cm³/mol. The van der Waals surface area contributed by atoms with E-state index in [-0.39, 0.29) is 0 Å². The highest BCUT2D eigenvalue weighted by molar-refractivity contribution is 5.48. The van der Waals surface area contributed by atoms with E-state index in [9.17, 15) is 0 Å². The van der Waals surface area contributed by atoms with Crippen LogP contribution < -0.4 is 5.32 Å². The van der Waals surface area contributed by atoms with E-state index in [1.54, 1.807) is 0 Å². The van der Waals surface area contributed by atoms with Crippen molar-refractivity contribution in [3.05, 3.63) is 29.8 Å². The number of nitrogens with one attached hydrogen (secondary N) is 1. The van der Waals surface area contributed by atoms with Gasteiger partial charge < -0.3 is 5.32 Å². The molecule has 1 aromatic carbocycles. The highest BCUT2D eigenvalue weighted by atomic mass is 14.8. The molecule has 70 valence electrons. The maximum absolute atomic E-state index is 5.07. The highest BCUT2D eigenvalue weighted by Crippen LogP contribution is 2.08. The van der Waals surface area contributed by atoms with Gasteiger partial charge in [-0.15, -0.1) is 0 Å². The van der Waals surface area contributed by atoms with Crippen molar-refractivity contribution in [1.29, 1.82) is 0 Å². The minimum Gasteiger partial charge on any atom is -0.315 e. The van der Waals surface area contributed by atoms with Crippen molar-refractivity contribution in [2.75, 3.05) is 5.32 Å². The number of hydrogen-bond acceptors (Lipinski definition) is 1. The Kier molecular flexibility index (Phi) is 6.45. The van der Waals surface area contributed by atoms with Crippen molar-refractivity contribution in [3.63, 3.8) is 0 Å².